The number of ketones is 5. The van der Waals surface area contributed by atoms with E-state index in [-0.39, 0.29) is 85.8 Å². The van der Waals surface area contributed by atoms with Gasteiger partial charge in [0, 0.05) is 77.0 Å². The Morgan fingerprint density at radius 3 is 1.40 bits per heavy atom. The van der Waals surface area contributed by atoms with Gasteiger partial charge in [0.15, 0.2) is 5.78 Å². The molecule has 0 aliphatic heterocycles. The topological polar surface area (TPSA) is 202 Å². The summed E-state index contributed by atoms with van der Waals surface area (Å²) in [4.78, 5) is 88.5. The molecule has 0 aliphatic carbocycles. The number of carbonyl (C=O) groups is 8. The minimum absolute atomic E-state index is 0.0200. The Morgan fingerprint density at radius 2 is 0.954 bits per heavy atom. The van der Waals surface area contributed by atoms with Crippen molar-refractivity contribution in [3.05, 3.63) is 53.4 Å². The smallest absolute Gasteiger partial charge is 0.305 e. The number of hydrogen-bond donors (Lipinski definition) is 1. The van der Waals surface area contributed by atoms with Crippen molar-refractivity contribution in [3.63, 3.8) is 0 Å². The number of carboxylic acid groups (broad SMARTS) is 1. The predicted octanol–water partition coefficient (Wildman–Crippen LogP) is 12.2. The fourth-order valence-electron chi connectivity index (χ4n) is 5.95. The fourth-order valence-corrected chi connectivity index (χ4v) is 5.95. The van der Waals surface area contributed by atoms with E-state index in [2.05, 4.69) is 13.8 Å². The first kappa shape index (κ1) is 62.1. The lowest BCUT2D eigenvalue weighted by atomic mass is 10.0. The van der Waals surface area contributed by atoms with Crippen LogP contribution in [0, 0.1) is 13.8 Å². The maximum atomic E-state index is 11.6. The van der Waals surface area contributed by atoms with E-state index in [1.54, 1.807) is 26.0 Å². The molecule has 0 spiro atoms. The molecule has 1 N–H and O–H groups in total. The fraction of sp³-hybridized carbons (Fsp3) is 0.654. The second-order valence-electron chi connectivity index (χ2n) is 16.0. The van der Waals surface area contributed by atoms with Gasteiger partial charge in [0.2, 0.25) is 0 Å². The van der Waals surface area contributed by atoms with E-state index in [4.69, 9.17) is 23.4 Å². The van der Waals surface area contributed by atoms with Crippen LogP contribution in [0.3, 0.4) is 0 Å². The van der Waals surface area contributed by atoms with Gasteiger partial charge in [0.05, 0.1) is 13.2 Å². The highest BCUT2D eigenvalue weighted by Gasteiger charge is 2.10. The zero-order chi connectivity index (χ0) is 49.1. The molecule has 2 aromatic rings. The lowest BCUT2D eigenvalue weighted by Crippen LogP contribution is -2.06. The SMILES string of the molecule is CC(=O)CCC(=O)CCC(=O)CCCC(=O)O.CCCCCCCCCCCC.CCOC(=O)CCCC(=O)/C=C/c1ccc(C)o1.CCOC(=O)CCCC(=O)CCc1ccc(C)o1. The molecule has 2 heterocycles. The van der Waals surface area contributed by atoms with Gasteiger partial charge in [-0.05, 0) is 90.3 Å². The molecule has 0 amide bonds. The second-order valence-corrected chi connectivity index (χ2v) is 16.0. The number of rotatable bonds is 34. The third kappa shape index (κ3) is 44.1. The zero-order valence-electron chi connectivity index (χ0n) is 40.9. The highest BCUT2D eigenvalue weighted by molar-refractivity contribution is 5.93. The molecule has 13 nitrogen and oxygen atoms in total. The molecule has 13 heteroatoms. The molecule has 0 unspecified atom stereocenters. The summed E-state index contributed by atoms with van der Waals surface area (Å²) >= 11 is 0. The van der Waals surface area contributed by atoms with Crippen LogP contribution in [0.25, 0.3) is 6.08 Å². The standard InChI is InChI=1S/C14H20O4.C14H18O4.C12H18O5.C12H26/c2*1-3-17-14(16)6-4-5-12(15)8-10-13-9-7-11(2)18-13;1-9(13)5-6-11(15)8-7-10(14)3-2-4-12(16)17;1-3-5-7-9-11-12-10-8-6-4-2/h7,9H,3-6,8,10H2,1-2H3;7-10H,3-6H2,1-2H3;2-8H2,1H3,(H,16,17);3-12H2,1-2H3/b;10-8+;;. The molecule has 2 rings (SSSR count). The van der Waals surface area contributed by atoms with Crippen LogP contribution >= 0.6 is 0 Å². The van der Waals surface area contributed by atoms with Crippen molar-refractivity contribution in [2.75, 3.05) is 13.2 Å². The number of Topliss-reactive ketones (excluding diaryl/α,β-unsaturated/α-hetero) is 4. The van der Waals surface area contributed by atoms with E-state index >= 15 is 0 Å². The molecule has 65 heavy (non-hydrogen) atoms. The van der Waals surface area contributed by atoms with Crippen molar-refractivity contribution in [1.82, 2.24) is 0 Å². The van der Waals surface area contributed by atoms with E-state index in [1.807, 2.05) is 32.0 Å². The van der Waals surface area contributed by atoms with Crippen LogP contribution in [0.1, 0.15) is 212 Å². The molecule has 0 radical (unpaired) electrons. The van der Waals surface area contributed by atoms with E-state index in [1.165, 1.54) is 77.2 Å². The minimum atomic E-state index is -0.921. The first-order valence-electron chi connectivity index (χ1n) is 24.0. The largest absolute Gasteiger partial charge is 0.481 e. The molecule has 368 valence electrons. The molecule has 0 saturated carbocycles. The van der Waals surface area contributed by atoms with Crippen molar-refractivity contribution in [2.45, 2.75) is 209 Å². The molecule has 0 saturated heterocycles. The van der Waals surface area contributed by atoms with Crippen molar-refractivity contribution in [3.8, 4) is 0 Å². The number of carboxylic acids is 1. The van der Waals surface area contributed by atoms with Gasteiger partial charge < -0.3 is 28.2 Å². The highest BCUT2D eigenvalue weighted by atomic mass is 16.5. The van der Waals surface area contributed by atoms with Crippen LogP contribution in [0.2, 0.25) is 0 Å². The Morgan fingerprint density at radius 1 is 0.508 bits per heavy atom. The summed E-state index contributed by atoms with van der Waals surface area (Å²) in [5.74, 6) is 1.68. The van der Waals surface area contributed by atoms with Crippen LogP contribution in [0.5, 0.6) is 0 Å². The summed E-state index contributed by atoms with van der Waals surface area (Å²) in [7, 11) is 0. The maximum absolute atomic E-state index is 11.6. The quantitative estimate of drug-likeness (QED) is 0.0395. The van der Waals surface area contributed by atoms with E-state index in [0.29, 0.717) is 70.3 Å². The van der Waals surface area contributed by atoms with Crippen molar-refractivity contribution in [2.24, 2.45) is 0 Å². The van der Waals surface area contributed by atoms with Crippen LogP contribution in [-0.4, -0.2) is 65.1 Å². The van der Waals surface area contributed by atoms with Gasteiger partial charge in [-0.25, -0.2) is 0 Å². The van der Waals surface area contributed by atoms with Crippen LogP contribution in [-0.2, 0) is 54.3 Å². The van der Waals surface area contributed by atoms with Crippen molar-refractivity contribution in [1.29, 1.82) is 0 Å². The number of carbonyl (C=O) groups excluding carboxylic acids is 7. The number of aliphatic carboxylic acids is 1. The average Bonchev–Trinajstić information content (AvgIpc) is 3.89. The first-order valence-corrected chi connectivity index (χ1v) is 24.0. The molecular formula is C52H82O13. The lowest BCUT2D eigenvalue weighted by molar-refractivity contribution is -0.144. The molecule has 0 aliphatic rings. The van der Waals surface area contributed by atoms with Crippen LogP contribution in [0.4, 0.5) is 0 Å². The molecule has 2 aromatic heterocycles. The Kier molecular flexibility index (Phi) is 41.1. The number of allylic oxidation sites excluding steroid dienone is 1. The predicted molar refractivity (Wildman–Crippen MR) is 253 cm³/mol. The van der Waals surface area contributed by atoms with Crippen molar-refractivity contribution >= 4 is 52.9 Å². The molecule has 0 fully saturated rings. The Balaban J connectivity index is 0. The molecule has 0 bridgehead atoms. The third-order valence-corrected chi connectivity index (χ3v) is 9.63. The second kappa shape index (κ2) is 43.0. The lowest BCUT2D eigenvalue weighted by Gasteiger charge is -2.01. The summed E-state index contributed by atoms with van der Waals surface area (Å²) in [5, 5.41) is 8.37. The van der Waals surface area contributed by atoms with Gasteiger partial charge >= 0.3 is 17.9 Å². The number of ether oxygens (including phenoxy) is 2. The monoisotopic (exact) mass is 915 g/mol. The Bertz CT molecular complexity index is 1630. The van der Waals surface area contributed by atoms with Gasteiger partial charge in [0.1, 0.15) is 46.2 Å². The Hall–Kier alpha value is -4.94. The highest BCUT2D eigenvalue weighted by Crippen LogP contribution is 2.12. The number of unbranched alkanes of at least 4 members (excludes halogenated alkanes) is 9. The number of esters is 2. The van der Waals surface area contributed by atoms with Gasteiger partial charge in [-0.3, -0.25) is 33.6 Å². The third-order valence-electron chi connectivity index (χ3n) is 9.63. The normalized spacial score (nSPS) is 10.4. The summed E-state index contributed by atoms with van der Waals surface area (Å²) in [6, 6.07) is 7.42. The van der Waals surface area contributed by atoms with Crippen LogP contribution < -0.4 is 0 Å². The molecular weight excluding hydrogens is 833 g/mol. The molecule has 0 atom stereocenters. The number of aryl methyl sites for hydroxylation is 3. The van der Waals surface area contributed by atoms with E-state index in [9.17, 15) is 38.4 Å². The minimum Gasteiger partial charge on any atom is -0.481 e. The summed E-state index contributed by atoms with van der Waals surface area (Å²) in [6.45, 7) is 14.0. The summed E-state index contributed by atoms with van der Waals surface area (Å²) in [6.07, 6.45) is 22.3. The van der Waals surface area contributed by atoms with Gasteiger partial charge in [-0.1, -0.05) is 78.1 Å². The Labute approximate surface area is 389 Å². The number of furan rings is 2. The summed E-state index contributed by atoms with van der Waals surface area (Å²) < 4.78 is 20.2. The van der Waals surface area contributed by atoms with Crippen molar-refractivity contribution < 1.29 is 61.8 Å². The van der Waals surface area contributed by atoms with E-state index < -0.39 is 5.97 Å². The van der Waals surface area contributed by atoms with Gasteiger partial charge in [-0.2, -0.15) is 0 Å². The van der Waals surface area contributed by atoms with Gasteiger partial charge in [0.25, 0.3) is 0 Å². The van der Waals surface area contributed by atoms with E-state index in [0.717, 1.165) is 17.3 Å². The molecule has 0 aromatic carbocycles. The zero-order valence-corrected chi connectivity index (χ0v) is 40.9. The summed E-state index contributed by atoms with van der Waals surface area (Å²) in [5.41, 5.74) is 0. The van der Waals surface area contributed by atoms with Gasteiger partial charge in [-0.15, -0.1) is 0 Å². The average molecular weight is 915 g/mol. The van der Waals surface area contributed by atoms with Crippen LogP contribution in [0.15, 0.2) is 39.2 Å². The maximum Gasteiger partial charge on any atom is 0.305 e. The first-order chi connectivity index (χ1) is 31.1. The number of hydrogen-bond acceptors (Lipinski definition) is 12.